The van der Waals surface area contributed by atoms with Crippen LogP contribution in [0.3, 0.4) is 0 Å². The molecule has 0 saturated heterocycles. The zero-order valence-electron chi connectivity index (χ0n) is 21.6. The average Bonchev–Trinajstić information content (AvgIpc) is 3.35. The van der Waals surface area contributed by atoms with Crippen LogP contribution >= 0.6 is 0 Å². The third kappa shape index (κ3) is 8.99. The number of carbonyl (C=O) groups is 2. The van der Waals surface area contributed by atoms with Crippen molar-refractivity contribution in [1.29, 1.82) is 0 Å². The van der Waals surface area contributed by atoms with Crippen molar-refractivity contribution < 1.29 is 19.1 Å². The highest BCUT2D eigenvalue weighted by atomic mass is 19.1. The Bertz CT molecular complexity index is 1200. The van der Waals surface area contributed by atoms with Gasteiger partial charge in [0.25, 0.3) is 5.91 Å². The van der Waals surface area contributed by atoms with Crippen LogP contribution in [-0.4, -0.2) is 28.4 Å². The minimum atomic E-state index is -1.03. The summed E-state index contributed by atoms with van der Waals surface area (Å²) in [5.41, 5.74) is 1.21. The zero-order valence-corrected chi connectivity index (χ0v) is 21.6. The van der Waals surface area contributed by atoms with Crippen molar-refractivity contribution in [3.63, 3.8) is 0 Å². The van der Waals surface area contributed by atoms with Crippen LogP contribution in [0.25, 0.3) is 0 Å². The van der Waals surface area contributed by atoms with Crippen LogP contribution in [0, 0.1) is 11.7 Å². The summed E-state index contributed by atoms with van der Waals surface area (Å²) in [5, 5.41) is 18.2. The van der Waals surface area contributed by atoms with Crippen molar-refractivity contribution in [3.05, 3.63) is 83.9 Å². The number of amides is 2. The molecule has 1 aliphatic rings. The van der Waals surface area contributed by atoms with Crippen LogP contribution in [0.15, 0.2) is 67.0 Å². The number of anilines is 3. The fraction of sp³-hybridized carbons (Fsp3) is 0.345. The number of carbonyl (C=O) groups excluding carboxylic acids is 2. The van der Waals surface area contributed by atoms with Gasteiger partial charge in [0.2, 0.25) is 5.91 Å². The fourth-order valence-electron chi connectivity index (χ4n) is 3.95. The summed E-state index contributed by atoms with van der Waals surface area (Å²) in [5.74, 6) is -0.318. The number of hydrogen-bond acceptors (Lipinski definition) is 5. The number of aromatic nitrogens is 1. The number of rotatable bonds is 7. The number of benzene rings is 2. The maximum atomic E-state index is 13.8. The zero-order chi connectivity index (χ0) is 26.8. The van der Waals surface area contributed by atoms with Gasteiger partial charge in [-0.3, -0.25) is 14.6 Å². The first-order valence-corrected chi connectivity index (χ1v) is 12.5. The Morgan fingerprint density at radius 2 is 1.76 bits per heavy atom. The molecule has 37 heavy (non-hydrogen) atoms. The second-order valence-electron chi connectivity index (χ2n) is 9.82. The number of aliphatic hydroxyl groups is 1. The molecule has 8 heteroatoms. The van der Waals surface area contributed by atoms with Gasteiger partial charge in [0.05, 0.1) is 24.0 Å². The normalized spacial score (nSPS) is 13.3. The first kappa shape index (κ1) is 27.8. The van der Waals surface area contributed by atoms with E-state index < -0.39 is 23.2 Å². The molecule has 0 aliphatic heterocycles. The van der Waals surface area contributed by atoms with Gasteiger partial charge in [0, 0.05) is 23.1 Å². The van der Waals surface area contributed by atoms with Crippen LogP contribution in [0.5, 0.6) is 0 Å². The molecule has 7 nitrogen and oxygen atoms in total. The molecule has 3 aromatic rings. The minimum Gasteiger partial charge on any atom is -0.386 e. The minimum absolute atomic E-state index is 0.234. The van der Waals surface area contributed by atoms with Gasteiger partial charge < -0.3 is 21.1 Å². The Kier molecular flexibility index (Phi) is 9.74. The average molecular weight is 507 g/mol. The van der Waals surface area contributed by atoms with Gasteiger partial charge in [0.1, 0.15) is 0 Å². The number of nitrogens with one attached hydrogen (secondary N) is 3. The molecule has 0 unspecified atom stereocenters. The number of nitrogens with zero attached hydrogens (tertiary/aromatic N) is 1. The summed E-state index contributed by atoms with van der Waals surface area (Å²) in [7, 11) is 0. The molecule has 2 amide bonds. The molecular weight excluding hydrogens is 471 g/mol. The highest BCUT2D eigenvalue weighted by Gasteiger charge is 2.16. The summed E-state index contributed by atoms with van der Waals surface area (Å²) in [4.78, 5) is 28.3. The van der Waals surface area contributed by atoms with E-state index in [1.807, 2.05) is 0 Å². The molecule has 1 heterocycles. The van der Waals surface area contributed by atoms with Gasteiger partial charge in [-0.2, -0.15) is 0 Å². The summed E-state index contributed by atoms with van der Waals surface area (Å²) in [6.45, 7) is 5.41. The van der Waals surface area contributed by atoms with E-state index in [2.05, 4.69) is 27.9 Å². The molecule has 4 rings (SSSR count). The Labute approximate surface area is 217 Å². The predicted octanol–water partition coefficient (Wildman–Crippen LogP) is 5.76. The molecular formula is C29H35FN4O3. The van der Waals surface area contributed by atoms with Gasteiger partial charge in [-0.15, -0.1) is 0 Å². The van der Waals surface area contributed by atoms with Crippen molar-refractivity contribution in [1.82, 2.24) is 10.3 Å². The van der Waals surface area contributed by atoms with E-state index in [1.54, 1.807) is 62.4 Å². The van der Waals surface area contributed by atoms with Crippen molar-refractivity contribution in [2.45, 2.75) is 52.1 Å². The lowest BCUT2D eigenvalue weighted by atomic mass is 9.98. The number of halogens is 1. The molecule has 1 aromatic heterocycles. The lowest BCUT2D eigenvalue weighted by Crippen LogP contribution is -2.32. The second kappa shape index (κ2) is 13.0. The first-order valence-electron chi connectivity index (χ1n) is 12.5. The van der Waals surface area contributed by atoms with E-state index >= 15 is 0 Å². The highest BCUT2D eigenvalue weighted by Crippen LogP contribution is 2.24. The van der Waals surface area contributed by atoms with Crippen molar-refractivity contribution in [2.24, 2.45) is 5.92 Å². The summed E-state index contributed by atoms with van der Waals surface area (Å²) < 4.78 is 13.8. The molecule has 1 saturated carbocycles. The van der Waals surface area contributed by atoms with E-state index in [0.29, 0.717) is 22.5 Å². The standard InChI is InChI=1S/C23H23FN4O3.C6H12/c1-23(2,31)16-6-4-8-18(12-16)28-21(29)14-26-22(30)15-5-3-7-17(11-15)27-20-9-10-25-13-19(20)24;1-6-4-2-3-5-6/h3-13,31H,14H2,1-2H3,(H,25,27)(H,26,30)(H,28,29);6H,2-5H2,1H3. The van der Waals surface area contributed by atoms with Crippen molar-refractivity contribution in [2.75, 3.05) is 17.2 Å². The smallest absolute Gasteiger partial charge is 0.251 e. The highest BCUT2D eigenvalue weighted by molar-refractivity contribution is 5.99. The molecule has 0 bridgehead atoms. The Morgan fingerprint density at radius 3 is 2.41 bits per heavy atom. The van der Waals surface area contributed by atoms with Crippen LogP contribution in [0.2, 0.25) is 0 Å². The van der Waals surface area contributed by atoms with Gasteiger partial charge in [-0.05, 0) is 61.7 Å². The van der Waals surface area contributed by atoms with Gasteiger partial charge in [0.15, 0.2) is 5.82 Å². The Morgan fingerprint density at radius 1 is 1.05 bits per heavy atom. The second-order valence-corrected chi connectivity index (χ2v) is 9.82. The van der Waals surface area contributed by atoms with E-state index in [0.717, 1.165) is 12.1 Å². The van der Waals surface area contributed by atoms with E-state index in [4.69, 9.17) is 0 Å². The molecule has 1 aliphatic carbocycles. The van der Waals surface area contributed by atoms with Crippen LogP contribution in [0.1, 0.15) is 62.4 Å². The largest absolute Gasteiger partial charge is 0.386 e. The van der Waals surface area contributed by atoms with E-state index in [-0.39, 0.29) is 12.2 Å². The predicted molar refractivity (Wildman–Crippen MR) is 144 cm³/mol. The van der Waals surface area contributed by atoms with Gasteiger partial charge >= 0.3 is 0 Å². The molecule has 196 valence electrons. The van der Waals surface area contributed by atoms with Crippen molar-refractivity contribution >= 4 is 28.9 Å². The first-order chi connectivity index (χ1) is 17.6. The molecule has 0 radical (unpaired) electrons. The number of hydrogen-bond donors (Lipinski definition) is 4. The molecule has 2 aromatic carbocycles. The molecule has 4 N–H and O–H groups in total. The van der Waals surface area contributed by atoms with E-state index in [1.165, 1.54) is 37.9 Å². The summed E-state index contributed by atoms with van der Waals surface area (Å²) in [6.07, 6.45) is 8.49. The third-order valence-electron chi connectivity index (χ3n) is 6.08. The fourth-order valence-corrected chi connectivity index (χ4v) is 3.95. The Hall–Kier alpha value is -3.78. The molecule has 1 fully saturated rings. The molecule has 0 atom stereocenters. The van der Waals surface area contributed by atoms with Crippen LogP contribution in [-0.2, 0) is 10.4 Å². The lowest BCUT2D eigenvalue weighted by Gasteiger charge is -2.18. The third-order valence-corrected chi connectivity index (χ3v) is 6.08. The summed E-state index contributed by atoms with van der Waals surface area (Å²) in [6, 6.07) is 14.8. The Balaban J connectivity index is 0.000000555. The van der Waals surface area contributed by atoms with Gasteiger partial charge in [-0.25, -0.2) is 4.39 Å². The topological polar surface area (TPSA) is 103 Å². The van der Waals surface area contributed by atoms with Crippen molar-refractivity contribution in [3.8, 4) is 0 Å². The van der Waals surface area contributed by atoms with Crippen LogP contribution in [0.4, 0.5) is 21.5 Å². The SMILES string of the molecule is CC(C)(O)c1cccc(NC(=O)CNC(=O)c2cccc(Nc3ccncc3F)c2)c1.CC1CCCC1. The maximum absolute atomic E-state index is 13.8. The van der Waals surface area contributed by atoms with Gasteiger partial charge in [-0.1, -0.05) is 50.8 Å². The summed E-state index contributed by atoms with van der Waals surface area (Å²) >= 11 is 0. The lowest BCUT2D eigenvalue weighted by molar-refractivity contribution is -0.115. The molecule has 0 spiro atoms. The maximum Gasteiger partial charge on any atom is 0.251 e. The van der Waals surface area contributed by atoms with Crippen LogP contribution < -0.4 is 16.0 Å². The quantitative estimate of drug-likeness (QED) is 0.326. The number of pyridine rings is 1. The monoisotopic (exact) mass is 506 g/mol. The van der Waals surface area contributed by atoms with E-state index in [9.17, 15) is 19.1 Å².